The highest BCUT2D eigenvalue weighted by Gasteiger charge is 2.02. The molecule has 0 heterocycles. The van der Waals surface area contributed by atoms with E-state index in [-0.39, 0.29) is 12.6 Å². The summed E-state index contributed by atoms with van der Waals surface area (Å²) in [6, 6.07) is 0.00924. The molecule has 4 heteroatoms. The van der Waals surface area contributed by atoms with E-state index in [0.717, 1.165) is 0 Å². The van der Waals surface area contributed by atoms with E-state index in [0.29, 0.717) is 19.0 Å². The maximum absolute atomic E-state index is 8.82. The Morgan fingerprint density at radius 1 is 1.58 bits per heavy atom. The molecule has 1 atom stereocenters. The molecule has 0 aromatic carbocycles. The SMILES string of the molecule is COCC(CO)NC/C=C/CCl. The molecule has 0 radical (unpaired) electrons. The van der Waals surface area contributed by atoms with E-state index in [2.05, 4.69) is 5.32 Å². The summed E-state index contributed by atoms with van der Waals surface area (Å²) < 4.78 is 4.88. The normalized spacial score (nSPS) is 13.9. The summed E-state index contributed by atoms with van der Waals surface area (Å²) in [6.45, 7) is 1.31. The number of methoxy groups -OCH3 is 1. The van der Waals surface area contributed by atoms with E-state index >= 15 is 0 Å². The van der Waals surface area contributed by atoms with Crippen LogP contribution in [0.25, 0.3) is 0 Å². The summed E-state index contributed by atoms with van der Waals surface area (Å²) in [5.41, 5.74) is 0. The number of halogens is 1. The van der Waals surface area contributed by atoms with Crippen molar-refractivity contribution >= 4 is 11.6 Å². The van der Waals surface area contributed by atoms with Gasteiger partial charge in [0.25, 0.3) is 0 Å². The number of aliphatic hydroxyl groups excluding tert-OH is 1. The van der Waals surface area contributed by atoms with Crippen molar-refractivity contribution in [1.82, 2.24) is 5.32 Å². The Hall–Kier alpha value is -0.0900. The predicted molar refractivity (Wildman–Crippen MR) is 50.6 cm³/mol. The Morgan fingerprint density at radius 2 is 2.33 bits per heavy atom. The van der Waals surface area contributed by atoms with Gasteiger partial charge in [-0.3, -0.25) is 0 Å². The summed E-state index contributed by atoms with van der Waals surface area (Å²) in [5, 5.41) is 11.9. The fourth-order valence-electron chi connectivity index (χ4n) is 0.758. The van der Waals surface area contributed by atoms with Crippen molar-refractivity contribution in [3.05, 3.63) is 12.2 Å². The van der Waals surface area contributed by atoms with Gasteiger partial charge in [0.15, 0.2) is 0 Å². The molecule has 0 saturated carbocycles. The zero-order valence-electron chi connectivity index (χ0n) is 7.29. The van der Waals surface area contributed by atoms with Crippen molar-refractivity contribution in [2.75, 3.05) is 32.7 Å². The third-order valence-electron chi connectivity index (χ3n) is 1.37. The van der Waals surface area contributed by atoms with E-state index in [1.165, 1.54) is 0 Å². The lowest BCUT2D eigenvalue weighted by atomic mass is 10.3. The molecule has 0 aliphatic rings. The molecule has 0 rings (SSSR count). The van der Waals surface area contributed by atoms with Gasteiger partial charge in [-0.05, 0) is 0 Å². The predicted octanol–water partition coefficient (Wildman–Crippen LogP) is 0.378. The average Bonchev–Trinajstić information content (AvgIpc) is 2.10. The summed E-state index contributed by atoms with van der Waals surface area (Å²) in [4.78, 5) is 0. The van der Waals surface area contributed by atoms with Crippen LogP contribution in [-0.4, -0.2) is 43.9 Å². The van der Waals surface area contributed by atoms with E-state index < -0.39 is 0 Å². The van der Waals surface area contributed by atoms with Crippen molar-refractivity contribution in [2.45, 2.75) is 6.04 Å². The molecule has 12 heavy (non-hydrogen) atoms. The third-order valence-corrected chi connectivity index (χ3v) is 1.55. The molecule has 0 bridgehead atoms. The maximum Gasteiger partial charge on any atom is 0.0638 e. The highest BCUT2D eigenvalue weighted by Crippen LogP contribution is 1.83. The number of hydrogen-bond donors (Lipinski definition) is 2. The number of aliphatic hydroxyl groups is 1. The summed E-state index contributed by atoms with van der Waals surface area (Å²) in [5.74, 6) is 0.524. The summed E-state index contributed by atoms with van der Waals surface area (Å²) in [7, 11) is 1.61. The number of hydrogen-bond acceptors (Lipinski definition) is 3. The zero-order valence-corrected chi connectivity index (χ0v) is 8.05. The molecule has 0 aromatic heterocycles. The standard InChI is InChI=1S/C8H16ClNO2/c1-12-7-8(6-11)10-5-3-2-4-9/h2-3,8,10-11H,4-7H2,1H3/b3-2+. The molecule has 0 fully saturated rings. The average molecular weight is 194 g/mol. The molecule has 3 nitrogen and oxygen atoms in total. The Balaban J connectivity index is 3.37. The van der Waals surface area contributed by atoms with Crippen LogP contribution in [0.1, 0.15) is 0 Å². The smallest absolute Gasteiger partial charge is 0.0638 e. The van der Waals surface area contributed by atoms with Gasteiger partial charge in [-0.15, -0.1) is 11.6 Å². The van der Waals surface area contributed by atoms with Crippen LogP contribution in [-0.2, 0) is 4.74 Å². The first-order valence-electron chi connectivity index (χ1n) is 3.89. The van der Waals surface area contributed by atoms with Crippen molar-refractivity contribution in [1.29, 1.82) is 0 Å². The quantitative estimate of drug-likeness (QED) is 0.454. The fraction of sp³-hybridized carbons (Fsp3) is 0.750. The fourth-order valence-corrected chi connectivity index (χ4v) is 0.884. The lowest BCUT2D eigenvalue weighted by Crippen LogP contribution is -2.36. The topological polar surface area (TPSA) is 41.5 Å². The molecule has 0 aliphatic carbocycles. The minimum atomic E-state index is 0.00924. The van der Waals surface area contributed by atoms with Gasteiger partial charge in [0.2, 0.25) is 0 Å². The van der Waals surface area contributed by atoms with E-state index in [4.69, 9.17) is 21.4 Å². The van der Waals surface area contributed by atoms with Gasteiger partial charge in [0, 0.05) is 19.5 Å². The minimum Gasteiger partial charge on any atom is -0.395 e. The van der Waals surface area contributed by atoms with Gasteiger partial charge in [0.05, 0.1) is 19.3 Å². The minimum absolute atomic E-state index is 0.00924. The third kappa shape index (κ3) is 6.61. The van der Waals surface area contributed by atoms with Gasteiger partial charge in [0.1, 0.15) is 0 Å². The van der Waals surface area contributed by atoms with Crippen LogP contribution < -0.4 is 5.32 Å². The first-order chi connectivity index (χ1) is 5.85. The van der Waals surface area contributed by atoms with E-state index in [9.17, 15) is 0 Å². The van der Waals surface area contributed by atoms with Gasteiger partial charge in [-0.1, -0.05) is 12.2 Å². The van der Waals surface area contributed by atoms with Crippen LogP contribution in [0.4, 0.5) is 0 Å². The number of alkyl halides is 1. The van der Waals surface area contributed by atoms with Gasteiger partial charge >= 0.3 is 0 Å². The Bertz CT molecular complexity index is 120. The Labute approximate surface area is 78.4 Å². The van der Waals surface area contributed by atoms with Crippen LogP contribution >= 0.6 is 11.6 Å². The highest BCUT2D eigenvalue weighted by molar-refractivity contribution is 6.18. The largest absolute Gasteiger partial charge is 0.395 e. The summed E-state index contributed by atoms with van der Waals surface area (Å²) >= 11 is 5.42. The molecule has 1 unspecified atom stereocenters. The van der Waals surface area contributed by atoms with Gasteiger partial charge < -0.3 is 15.2 Å². The second-order valence-electron chi connectivity index (χ2n) is 2.37. The number of nitrogens with one attached hydrogen (secondary N) is 1. The van der Waals surface area contributed by atoms with Gasteiger partial charge in [-0.2, -0.15) is 0 Å². The van der Waals surface area contributed by atoms with E-state index in [1.54, 1.807) is 7.11 Å². The first-order valence-corrected chi connectivity index (χ1v) is 4.42. The zero-order chi connectivity index (χ0) is 9.23. The number of allylic oxidation sites excluding steroid dienone is 1. The second-order valence-corrected chi connectivity index (χ2v) is 2.68. The van der Waals surface area contributed by atoms with Crippen molar-refractivity contribution in [2.24, 2.45) is 0 Å². The van der Waals surface area contributed by atoms with E-state index in [1.807, 2.05) is 12.2 Å². The van der Waals surface area contributed by atoms with Crippen LogP contribution in [0.3, 0.4) is 0 Å². The lowest BCUT2D eigenvalue weighted by Gasteiger charge is -2.13. The van der Waals surface area contributed by atoms with Crippen LogP contribution in [0.5, 0.6) is 0 Å². The number of ether oxygens (including phenoxy) is 1. The Kier molecular flexibility index (Phi) is 8.93. The lowest BCUT2D eigenvalue weighted by molar-refractivity contribution is 0.130. The molecule has 0 aliphatic heterocycles. The summed E-state index contributed by atoms with van der Waals surface area (Å²) in [6.07, 6.45) is 3.78. The molecule has 0 aromatic rings. The number of rotatable bonds is 7. The maximum atomic E-state index is 8.82. The van der Waals surface area contributed by atoms with Crippen molar-refractivity contribution < 1.29 is 9.84 Å². The molecule has 72 valence electrons. The van der Waals surface area contributed by atoms with Crippen molar-refractivity contribution in [3.63, 3.8) is 0 Å². The molecule has 0 spiro atoms. The Morgan fingerprint density at radius 3 is 2.83 bits per heavy atom. The molecule has 0 saturated heterocycles. The molecular formula is C8H16ClNO2. The van der Waals surface area contributed by atoms with Gasteiger partial charge in [-0.25, -0.2) is 0 Å². The van der Waals surface area contributed by atoms with Crippen LogP contribution in [0.2, 0.25) is 0 Å². The second kappa shape index (κ2) is 9.00. The first kappa shape index (κ1) is 11.9. The van der Waals surface area contributed by atoms with Crippen molar-refractivity contribution in [3.8, 4) is 0 Å². The molecule has 0 amide bonds. The van der Waals surface area contributed by atoms with Crippen LogP contribution in [0.15, 0.2) is 12.2 Å². The van der Waals surface area contributed by atoms with Crippen LogP contribution in [0, 0.1) is 0 Å². The molecular weight excluding hydrogens is 178 g/mol. The highest BCUT2D eigenvalue weighted by atomic mass is 35.5. The monoisotopic (exact) mass is 193 g/mol. The molecule has 2 N–H and O–H groups in total.